The van der Waals surface area contributed by atoms with E-state index in [1.165, 1.54) is 25.0 Å². The minimum atomic E-state index is 0.555. The Morgan fingerprint density at radius 3 is 3.06 bits per heavy atom. The number of thioether (sulfide) groups is 1. The van der Waals surface area contributed by atoms with Gasteiger partial charge in [0.25, 0.3) is 0 Å². The topological polar surface area (TPSA) is 34.1 Å². The van der Waals surface area contributed by atoms with Crippen molar-refractivity contribution in [2.75, 3.05) is 17.7 Å². The number of nitrogens with one attached hydrogen (secondary N) is 1. The first-order chi connectivity index (χ1) is 8.83. The van der Waals surface area contributed by atoms with Gasteiger partial charge in [0.1, 0.15) is 5.82 Å². The third-order valence-electron chi connectivity index (χ3n) is 3.18. The van der Waals surface area contributed by atoms with Crippen molar-refractivity contribution in [3.8, 4) is 5.88 Å². The second-order valence-electron chi connectivity index (χ2n) is 4.47. The molecular weight excluding hydrogens is 244 g/mol. The second kappa shape index (κ2) is 6.88. The summed E-state index contributed by atoms with van der Waals surface area (Å²) in [6, 6.07) is 6.48. The molecule has 1 aromatic rings. The summed E-state index contributed by atoms with van der Waals surface area (Å²) in [5.74, 6) is 2.84. The first-order valence-electron chi connectivity index (χ1n) is 6.81. The number of ether oxygens (including phenoxy) is 1. The van der Waals surface area contributed by atoms with Crippen LogP contribution in [0.3, 0.4) is 0 Å². The minimum absolute atomic E-state index is 0.555. The summed E-state index contributed by atoms with van der Waals surface area (Å²) < 4.78 is 5.43. The Bertz CT molecular complexity index is 373. The molecule has 1 fully saturated rings. The number of anilines is 1. The molecule has 0 aliphatic heterocycles. The second-order valence-corrected chi connectivity index (χ2v) is 5.99. The normalized spacial score (nSPS) is 23.0. The maximum atomic E-state index is 5.43. The molecule has 3 nitrogen and oxygen atoms in total. The largest absolute Gasteiger partial charge is 0.478 e. The molecule has 18 heavy (non-hydrogen) atoms. The molecule has 1 saturated carbocycles. The Labute approximate surface area is 114 Å². The van der Waals surface area contributed by atoms with E-state index in [2.05, 4.69) is 29.0 Å². The lowest BCUT2D eigenvalue weighted by Crippen LogP contribution is -2.26. The zero-order valence-corrected chi connectivity index (χ0v) is 12.0. The fraction of sp³-hybridized carbons (Fsp3) is 0.643. The van der Waals surface area contributed by atoms with Gasteiger partial charge < -0.3 is 10.1 Å². The van der Waals surface area contributed by atoms with Crippen molar-refractivity contribution in [1.82, 2.24) is 4.98 Å². The monoisotopic (exact) mass is 266 g/mol. The van der Waals surface area contributed by atoms with Crippen LogP contribution in [0.1, 0.15) is 33.1 Å². The van der Waals surface area contributed by atoms with Gasteiger partial charge in [-0.2, -0.15) is 16.7 Å². The molecule has 100 valence electrons. The lowest BCUT2D eigenvalue weighted by Gasteiger charge is -2.20. The fourth-order valence-corrected chi connectivity index (χ4v) is 3.62. The Hall–Kier alpha value is -0.900. The third-order valence-corrected chi connectivity index (χ3v) is 4.51. The summed E-state index contributed by atoms with van der Waals surface area (Å²) in [6.07, 6.45) is 3.89. The molecule has 0 bridgehead atoms. The van der Waals surface area contributed by atoms with Gasteiger partial charge in [0.2, 0.25) is 5.88 Å². The molecule has 0 amide bonds. The third kappa shape index (κ3) is 3.55. The molecule has 1 heterocycles. The van der Waals surface area contributed by atoms with Gasteiger partial charge in [-0.05, 0) is 31.6 Å². The Balaban J connectivity index is 1.97. The van der Waals surface area contributed by atoms with E-state index in [1.807, 2.05) is 25.1 Å². The van der Waals surface area contributed by atoms with Crippen LogP contribution in [-0.2, 0) is 0 Å². The Morgan fingerprint density at radius 1 is 1.39 bits per heavy atom. The van der Waals surface area contributed by atoms with Crippen LogP contribution in [0.25, 0.3) is 0 Å². The quantitative estimate of drug-likeness (QED) is 0.853. The molecule has 1 aromatic heterocycles. The van der Waals surface area contributed by atoms with Crippen molar-refractivity contribution in [3.63, 3.8) is 0 Å². The first kappa shape index (κ1) is 13.5. The van der Waals surface area contributed by atoms with Crippen LogP contribution in [0.5, 0.6) is 5.88 Å². The van der Waals surface area contributed by atoms with Gasteiger partial charge in [0.15, 0.2) is 0 Å². The van der Waals surface area contributed by atoms with Crippen LogP contribution in [0, 0.1) is 0 Å². The van der Waals surface area contributed by atoms with Crippen molar-refractivity contribution in [3.05, 3.63) is 18.2 Å². The molecular formula is C14H22N2OS. The summed E-state index contributed by atoms with van der Waals surface area (Å²) in [6.45, 7) is 4.87. The molecule has 2 rings (SSSR count). The first-order valence-corrected chi connectivity index (χ1v) is 7.86. The highest BCUT2D eigenvalue weighted by molar-refractivity contribution is 7.99. The summed E-state index contributed by atoms with van der Waals surface area (Å²) >= 11 is 2.06. The Kier molecular flexibility index (Phi) is 5.17. The zero-order valence-electron chi connectivity index (χ0n) is 11.2. The van der Waals surface area contributed by atoms with Crippen molar-refractivity contribution in [2.45, 2.75) is 44.4 Å². The lowest BCUT2D eigenvalue weighted by molar-refractivity contribution is 0.327. The van der Waals surface area contributed by atoms with E-state index >= 15 is 0 Å². The highest BCUT2D eigenvalue weighted by atomic mass is 32.2. The van der Waals surface area contributed by atoms with E-state index in [0.717, 1.165) is 11.1 Å². The van der Waals surface area contributed by atoms with Gasteiger partial charge in [-0.15, -0.1) is 0 Å². The van der Waals surface area contributed by atoms with Crippen molar-refractivity contribution < 1.29 is 4.74 Å². The van der Waals surface area contributed by atoms with E-state index in [4.69, 9.17) is 4.74 Å². The van der Waals surface area contributed by atoms with Gasteiger partial charge >= 0.3 is 0 Å². The van der Waals surface area contributed by atoms with Crippen molar-refractivity contribution in [2.24, 2.45) is 0 Å². The van der Waals surface area contributed by atoms with E-state index < -0.39 is 0 Å². The minimum Gasteiger partial charge on any atom is -0.478 e. The molecule has 1 aliphatic carbocycles. The number of pyridine rings is 1. The molecule has 2 unspecified atom stereocenters. The van der Waals surface area contributed by atoms with Gasteiger partial charge in [-0.25, -0.2) is 0 Å². The number of hydrogen-bond donors (Lipinski definition) is 1. The van der Waals surface area contributed by atoms with Crippen LogP contribution in [0.4, 0.5) is 5.82 Å². The van der Waals surface area contributed by atoms with E-state index in [1.54, 1.807) is 0 Å². The van der Waals surface area contributed by atoms with Crippen LogP contribution in [-0.4, -0.2) is 28.6 Å². The molecule has 0 spiro atoms. The van der Waals surface area contributed by atoms with Gasteiger partial charge in [-0.1, -0.05) is 19.4 Å². The van der Waals surface area contributed by atoms with Crippen LogP contribution in [0.2, 0.25) is 0 Å². The summed E-state index contributed by atoms with van der Waals surface area (Å²) in [4.78, 5) is 4.48. The number of nitrogens with zero attached hydrogens (tertiary/aromatic N) is 1. The smallest absolute Gasteiger partial charge is 0.215 e. The SMILES string of the molecule is CCOc1cccc(NC2CCCC2SCC)n1. The van der Waals surface area contributed by atoms with E-state index in [0.29, 0.717) is 18.5 Å². The maximum absolute atomic E-state index is 5.43. The molecule has 0 saturated heterocycles. The molecule has 2 atom stereocenters. The molecule has 0 radical (unpaired) electrons. The number of hydrogen-bond acceptors (Lipinski definition) is 4. The van der Waals surface area contributed by atoms with Crippen LogP contribution >= 0.6 is 11.8 Å². The van der Waals surface area contributed by atoms with Crippen LogP contribution in [0.15, 0.2) is 18.2 Å². The van der Waals surface area contributed by atoms with Crippen molar-refractivity contribution in [1.29, 1.82) is 0 Å². The lowest BCUT2D eigenvalue weighted by atomic mass is 10.2. The highest BCUT2D eigenvalue weighted by Gasteiger charge is 2.27. The van der Waals surface area contributed by atoms with E-state index in [-0.39, 0.29) is 0 Å². The highest BCUT2D eigenvalue weighted by Crippen LogP contribution is 2.31. The van der Waals surface area contributed by atoms with Crippen LogP contribution < -0.4 is 10.1 Å². The van der Waals surface area contributed by atoms with E-state index in [9.17, 15) is 0 Å². The van der Waals surface area contributed by atoms with Gasteiger partial charge in [-0.3, -0.25) is 0 Å². The molecule has 1 aliphatic rings. The molecule has 4 heteroatoms. The standard InChI is InChI=1S/C14H22N2OS/c1-3-17-14-10-6-9-13(16-14)15-11-7-5-8-12(11)18-4-2/h6,9-12H,3-5,7-8H2,1-2H3,(H,15,16). The van der Waals surface area contributed by atoms with Gasteiger partial charge in [0.05, 0.1) is 6.61 Å². The fourth-order valence-electron chi connectivity index (χ4n) is 2.42. The maximum Gasteiger partial charge on any atom is 0.215 e. The average Bonchev–Trinajstić information content (AvgIpc) is 2.78. The van der Waals surface area contributed by atoms with Crippen molar-refractivity contribution >= 4 is 17.6 Å². The predicted molar refractivity (Wildman–Crippen MR) is 78.6 cm³/mol. The summed E-state index contributed by atoms with van der Waals surface area (Å²) in [5.41, 5.74) is 0. The summed E-state index contributed by atoms with van der Waals surface area (Å²) in [7, 11) is 0. The Morgan fingerprint density at radius 2 is 2.28 bits per heavy atom. The predicted octanol–water partition coefficient (Wildman–Crippen LogP) is 3.57. The summed E-state index contributed by atoms with van der Waals surface area (Å²) in [5, 5.41) is 4.29. The number of rotatable bonds is 6. The zero-order chi connectivity index (χ0) is 12.8. The molecule has 1 N–H and O–H groups in total. The average molecular weight is 266 g/mol. The van der Waals surface area contributed by atoms with Gasteiger partial charge in [0, 0.05) is 17.4 Å². The molecule has 0 aromatic carbocycles. The number of aromatic nitrogens is 1.